The van der Waals surface area contributed by atoms with E-state index in [0.717, 1.165) is 16.5 Å². The van der Waals surface area contributed by atoms with Gasteiger partial charge in [-0.2, -0.15) is 0 Å². The van der Waals surface area contributed by atoms with Gasteiger partial charge < -0.3 is 19.3 Å². The highest BCUT2D eigenvalue weighted by molar-refractivity contribution is 8.18. The fourth-order valence-electron chi connectivity index (χ4n) is 4.38. The monoisotopic (exact) mass is 518 g/mol. The van der Waals surface area contributed by atoms with Crippen LogP contribution in [0.4, 0.5) is 5.69 Å². The summed E-state index contributed by atoms with van der Waals surface area (Å²) < 4.78 is 7.29. The maximum atomic E-state index is 13.2. The summed E-state index contributed by atoms with van der Waals surface area (Å²) in [5.41, 5.74) is 2.52. The Hall–Kier alpha value is -3.89. The van der Waals surface area contributed by atoms with E-state index in [2.05, 4.69) is 4.99 Å². The Morgan fingerprint density at radius 1 is 1.11 bits per heavy atom. The van der Waals surface area contributed by atoms with Crippen molar-refractivity contribution in [2.45, 2.75) is 13.5 Å². The fraction of sp³-hybridized carbons (Fsp3) is 0.259. The molecule has 10 heteroatoms. The molecule has 9 nitrogen and oxygen atoms in total. The number of likely N-dealkylation sites (N-methyl/N-ethyl adjacent to an activating group) is 1. The summed E-state index contributed by atoms with van der Waals surface area (Å²) >= 11 is 1.28. The van der Waals surface area contributed by atoms with E-state index in [9.17, 15) is 14.4 Å². The van der Waals surface area contributed by atoms with Crippen molar-refractivity contribution in [3.63, 3.8) is 0 Å². The minimum Gasteiger partial charge on any atom is -0.478 e. The predicted molar refractivity (Wildman–Crippen MR) is 143 cm³/mol. The van der Waals surface area contributed by atoms with E-state index in [-0.39, 0.29) is 23.9 Å². The number of carboxylic acids is 1. The normalized spacial score (nSPS) is 18.4. The highest BCUT2D eigenvalue weighted by Gasteiger charge is 2.32. The van der Waals surface area contributed by atoms with Crippen molar-refractivity contribution >= 4 is 57.4 Å². The number of aromatic carboxylic acids is 1. The number of rotatable bonds is 6. The van der Waals surface area contributed by atoms with Crippen molar-refractivity contribution in [2.75, 3.05) is 32.8 Å². The van der Waals surface area contributed by atoms with E-state index in [1.54, 1.807) is 17.0 Å². The first kappa shape index (κ1) is 24.8. The van der Waals surface area contributed by atoms with Crippen molar-refractivity contribution in [1.82, 2.24) is 14.4 Å². The molecule has 3 aromatic rings. The lowest BCUT2D eigenvalue weighted by Gasteiger charge is -2.27. The molecule has 190 valence electrons. The topological polar surface area (TPSA) is 104 Å². The number of fused-ring (bicyclic) bond motifs is 1. The number of ether oxygens (including phenoxy) is 1. The Balaban J connectivity index is 1.44. The van der Waals surface area contributed by atoms with Crippen molar-refractivity contribution in [3.05, 3.63) is 70.8 Å². The third-order valence-corrected chi connectivity index (χ3v) is 7.33. The largest absolute Gasteiger partial charge is 0.478 e. The Morgan fingerprint density at radius 3 is 2.54 bits per heavy atom. The standard InChI is InChI=1S/C27H26N4O5S/c1-2-31-25(33)23(37-27(31)28-20-9-7-18(8-10-20)26(34)35)15-19-16-30(22-6-4-3-5-21(19)22)17-24(32)29-11-13-36-14-12-29/h3-10,15-16H,2,11-14,17H2,1H3,(H,34,35)/b23-15-,28-27?. The lowest BCUT2D eigenvalue weighted by atomic mass is 10.1. The minimum atomic E-state index is -1.00. The average molecular weight is 519 g/mol. The number of aromatic nitrogens is 1. The van der Waals surface area contributed by atoms with Gasteiger partial charge in [-0.25, -0.2) is 9.79 Å². The number of thioether (sulfide) groups is 1. The van der Waals surface area contributed by atoms with Crippen LogP contribution in [-0.2, 0) is 20.9 Å². The van der Waals surface area contributed by atoms with Crippen LogP contribution in [0.25, 0.3) is 17.0 Å². The quantitative estimate of drug-likeness (QED) is 0.498. The van der Waals surface area contributed by atoms with Crippen LogP contribution in [0.5, 0.6) is 0 Å². The van der Waals surface area contributed by atoms with E-state index in [4.69, 9.17) is 9.84 Å². The number of hydrogen-bond acceptors (Lipinski definition) is 6. The maximum absolute atomic E-state index is 13.2. The SMILES string of the molecule is CCN1C(=O)/C(=C/c2cn(CC(=O)N3CCOCC3)c3ccccc23)SC1=Nc1ccc(C(=O)O)cc1. The van der Waals surface area contributed by atoms with Crippen LogP contribution in [-0.4, -0.2) is 75.3 Å². The summed E-state index contributed by atoms with van der Waals surface area (Å²) in [5.74, 6) is -1.11. The predicted octanol–water partition coefficient (Wildman–Crippen LogP) is 3.82. The number of benzene rings is 2. The molecule has 1 aromatic heterocycles. The molecule has 0 spiro atoms. The number of carboxylic acid groups (broad SMARTS) is 1. The van der Waals surface area contributed by atoms with E-state index >= 15 is 0 Å². The molecule has 2 saturated heterocycles. The van der Waals surface area contributed by atoms with E-state index in [0.29, 0.717) is 48.6 Å². The Kier molecular flexibility index (Phi) is 7.11. The lowest BCUT2D eigenvalue weighted by Crippen LogP contribution is -2.42. The summed E-state index contributed by atoms with van der Waals surface area (Å²) in [7, 11) is 0. The summed E-state index contributed by atoms with van der Waals surface area (Å²) in [6.07, 6.45) is 3.77. The highest BCUT2D eigenvalue weighted by atomic mass is 32.2. The van der Waals surface area contributed by atoms with Crippen molar-refractivity contribution in [2.24, 2.45) is 4.99 Å². The maximum Gasteiger partial charge on any atom is 0.335 e. The molecule has 2 aliphatic heterocycles. The number of morpholine rings is 1. The molecule has 37 heavy (non-hydrogen) atoms. The number of para-hydroxylation sites is 1. The molecule has 0 radical (unpaired) electrons. The Labute approximate surface area is 218 Å². The van der Waals surface area contributed by atoms with Crippen LogP contribution < -0.4 is 0 Å². The second kappa shape index (κ2) is 10.6. The minimum absolute atomic E-state index is 0.0371. The van der Waals surface area contributed by atoms with E-state index < -0.39 is 5.97 Å². The summed E-state index contributed by atoms with van der Waals surface area (Å²) in [6, 6.07) is 14.0. The first-order valence-corrected chi connectivity index (χ1v) is 12.8. The molecule has 0 atom stereocenters. The number of hydrogen-bond donors (Lipinski definition) is 1. The summed E-state index contributed by atoms with van der Waals surface area (Å²) in [4.78, 5) is 45.8. The van der Waals surface area contributed by atoms with Crippen LogP contribution in [0, 0.1) is 0 Å². The Bertz CT molecular complexity index is 1420. The van der Waals surface area contributed by atoms with E-state index in [1.165, 1.54) is 23.9 Å². The zero-order chi connectivity index (χ0) is 25.9. The van der Waals surface area contributed by atoms with Crippen LogP contribution >= 0.6 is 11.8 Å². The molecule has 5 rings (SSSR count). The molecule has 0 unspecified atom stereocenters. The molecule has 1 N–H and O–H groups in total. The molecule has 0 bridgehead atoms. The fourth-order valence-corrected chi connectivity index (χ4v) is 5.43. The van der Waals surface area contributed by atoms with Crippen LogP contribution in [0.2, 0.25) is 0 Å². The van der Waals surface area contributed by atoms with Gasteiger partial charge in [0.05, 0.1) is 29.4 Å². The summed E-state index contributed by atoms with van der Waals surface area (Å²) in [6.45, 7) is 4.83. The number of carbonyl (C=O) groups excluding carboxylic acids is 2. The van der Waals surface area contributed by atoms with Crippen LogP contribution in [0.15, 0.2) is 64.6 Å². The van der Waals surface area contributed by atoms with Gasteiger partial charge in [-0.15, -0.1) is 0 Å². The average Bonchev–Trinajstić information content (AvgIpc) is 3.41. The van der Waals surface area contributed by atoms with Gasteiger partial charge in [0.1, 0.15) is 6.54 Å². The van der Waals surface area contributed by atoms with Crippen molar-refractivity contribution in [1.29, 1.82) is 0 Å². The van der Waals surface area contributed by atoms with Crippen LogP contribution in [0.3, 0.4) is 0 Å². The second-order valence-electron chi connectivity index (χ2n) is 8.63. The zero-order valence-corrected chi connectivity index (χ0v) is 21.1. The molecule has 0 saturated carbocycles. The molecule has 0 aliphatic carbocycles. The number of amides is 2. The molecule has 2 amide bonds. The first-order chi connectivity index (χ1) is 17.9. The molecular formula is C27H26N4O5S. The molecule has 2 aromatic carbocycles. The number of aliphatic imine (C=N–C) groups is 1. The van der Waals surface area contributed by atoms with Gasteiger partial charge in [0.2, 0.25) is 5.91 Å². The first-order valence-electron chi connectivity index (χ1n) is 12.0. The van der Waals surface area contributed by atoms with Crippen molar-refractivity contribution in [3.8, 4) is 0 Å². The van der Waals surface area contributed by atoms with Gasteiger partial charge in [0.25, 0.3) is 5.91 Å². The van der Waals surface area contributed by atoms with Gasteiger partial charge in [-0.05, 0) is 55.1 Å². The third-order valence-electron chi connectivity index (χ3n) is 6.32. The highest BCUT2D eigenvalue weighted by Crippen LogP contribution is 2.35. The van der Waals surface area contributed by atoms with Crippen molar-refractivity contribution < 1.29 is 24.2 Å². The molecule has 3 heterocycles. The molecule has 2 fully saturated rings. The van der Waals surface area contributed by atoms with E-state index in [1.807, 2.05) is 52.9 Å². The van der Waals surface area contributed by atoms with Gasteiger partial charge in [-0.3, -0.25) is 14.5 Å². The number of nitrogens with zero attached hydrogens (tertiary/aromatic N) is 4. The molecular weight excluding hydrogens is 492 g/mol. The number of amidine groups is 1. The second-order valence-corrected chi connectivity index (χ2v) is 9.64. The summed E-state index contributed by atoms with van der Waals surface area (Å²) in [5, 5.41) is 10.6. The Morgan fingerprint density at radius 2 is 1.84 bits per heavy atom. The van der Waals surface area contributed by atoms with Gasteiger partial charge in [-0.1, -0.05) is 18.2 Å². The van der Waals surface area contributed by atoms with Crippen LogP contribution in [0.1, 0.15) is 22.8 Å². The van der Waals surface area contributed by atoms with Gasteiger partial charge >= 0.3 is 5.97 Å². The lowest BCUT2D eigenvalue weighted by molar-refractivity contribution is -0.135. The third kappa shape index (κ3) is 5.16. The zero-order valence-electron chi connectivity index (χ0n) is 20.3. The smallest absolute Gasteiger partial charge is 0.335 e. The molecule has 2 aliphatic rings. The number of carbonyl (C=O) groups is 3. The van der Waals surface area contributed by atoms with Gasteiger partial charge in [0, 0.05) is 42.3 Å². The van der Waals surface area contributed by atoms with Gasteiger partial charge in [0.15, 0.2) is 5.17 Å².